The van der Waals surface area contributed by atoms with Gasteiger partial charge in [0, 0.05) is 16.1 Å². The van der Waals surface area contributed by atoms with Crippen molar-refractivity contribution in [2.45, 2.75) is 13.8 Å². The van der Waals surface area contributed by atoms with Crippen LogP contribution < -0.4 is 0 Å². The van der Waals surface area contributed by atoms with Crippen molar-refractivity contribution in [1.29, 1.82) is 0 Å². The summed E-state index contributed by atoms with van der Waals surface area (Å²) in [6, 6.07) is 4.74. The van der Waals surface area contributed by atoms with Gasteiger partial charge < -0.3 is 4.52 Å². The Morgan fingerprint density at radius 2 is 1.85 bits per heavy atom. The maximum atomic E-state index is 12.3. The molecule has 0 aliphatic heterocycles. The highest BCUT2D eigenvalue weighted by atomic mass is 35.5. The Labute approximate surface area is 133 Å². The lowest BCUT2D eigenvalue weighted by atomic mass is 10.2. The molecule has 0 bridgehead atoms. The van der Waals surface area contributed by atoms with Gasteiger partial charge in [-0.05, 0) is 32.0 Å². The van der Waals surface area contributed by atoms with Crippen LogP contribution in [0.4, 0.5) is 0 Å². The van der Waals surface area contributed by atoms with Crippen molar-refractivity contribution in [2.24, 2.45) is 0 Å². The fourth-order valence-corrected chi connectivity index (χ4v) is 3.15. The zero-order chi connectivity index (χ0) is 15.2. The molecule has 0 atom stereocenters. The number of hydrogen-bond acceptors (Lipinski definition) is 4. The Morgan fingerprint density at radius 1 is 1.25 bits per heavy atom. The maximum Gasteiger partial charge on any atom is 0.530 e. The van der Waals surface area contributed by atoms with Gasteiger partial charge in [-0.25, -0.2) is 4.57 Å². The summed E-state index contributed by atoms with van der Waals surface area (Å²) in [5, 5.41) is 0.785. The summed E-state index contributed by atoms with van der Waals surface area (Å²) < 4.78 is 27.7. The van der Waals surface area contributed by atoms with E-state index in [4.69, 9.17) is 48.4 Å². The van der Waals surface area contributed by atoms with Crippen LogP contribution in [0.3, 0.4) is 0 Å². The van der Waals surface area contributed by atoms with E-state index in [0.29, 0.717) is 15.6 Å². The number of rotatable bonds is 7. The zero-order valence-corrected chi connectivity index (χ0v) is 14.1. The summed E-state index contributed by atoms with van der Waals surface area (Å²) in [4.78, 5) is 0. The minimum atomic E-state index is -3.75. The molecule has 0 fully saturated rings. The average molecular weight is 360 g/mol. The highest BCUT2D eigenvalue weighted by Gasteiger charge is 2.29. The smallest absolute Gasteiger partial charge is 0.402 e. The number of phosphoric acid groups is 1. The molecule has 0 N–H and O–H groups in total. The van der Waals surface area contributed by atoms with E-state index < -0.39 is 7.82 Å². The average Bonchev–Trinajstić information content (AvgIpc) is 2.40. The van der Waals surface area contributed by atoms with Crippen LogP contribution in [0.1, 0.15) is 19.4 Å². The minimum absolute atomic E-state index is 0.0596. The van der Waals surface area contributed by atoms with Crippen molar-refractivity contribution < 1.29 is 18.1 Å². The lowest BCUT2D eigenvalue weighted by Gasteiger charge is -2.19. The second kappa shape index (κ2) is 8.28. The summed E-state index contributed by atoms with van der Waals surface area (Å²) in [6.07, 6.45) is 0. The molecular weight excluding hydrogens is 345 g/mol. The third-order valence-corrected chi connectivity index (χ3v) is 4.41. The summed E-state index contributed by atoms with van der Waals surface area (Å²) in [5.41, 5.74) is 1.50. The first-order chi connectivity index (χ1) is 9.45. The highest BCUT2D eigenvalue weighted by Crippen LogP contribution is 2.53. The third-order valence-electron chi connectivity index (χ3n) is 2.08. The molecule has 0 aliphatic carbocycles. The largest absolute Gasteiger partial charge is 0.530 e. The number of phosphoric ester groups is 1. The van der Waals surface area contributed by atoms with Crippen LogP contribution in [0.2, 0.25) is 10.0 Å². The molecule has 0 amide bonds. The lowest BCUT2D eigenvalue weighted by molar-refractivity contribution is 0.159. The van der Waals surface area contributed by atoms with E-state index in [-0.39, 0.29) is 19.0 Å². The van der Waals surface area contributed by atoms with E-state index in [1.54, 1.807) is 32.0 Å². The van der Waals surface area contributed by atoms with Gasteiger partial charge in [0.05, 0.1) is 18.2 Å². The molecule has 0 radical (unpaired) electrons. The van der Waals surface area contributed by atoms with E-state index in [0.717, 1.165) is 5.54 Å². The molecule has 0 saturated carbocycles. The van der Waals surface area contributed by atoms with Crippen LogP contribution in [-0.4, -0.2) is 13.2 Å². The Kier molecular flexibility index (Phi) is 7.38. The van der Waals surface area contributed by atoms with Crippen LogP contribution in [0.5, 0.6) is 0 Å². The van der Waals surface area contributed by atoms with E-state index in [1.807, 2.05) is 0 Å². The van der Waals surface area contributed by atoms with Gasteiger partial charge in [0.25, 0.3) is 0 Å². The van der Waals surface area contributed by atoms with E-state index in [1.165, 1.54) is 0 Å². The topological polar surface area (TPSA) is 44.8 Å². The number of hydrogen-bond donors (Lipinski definition) is 0. The van der Waals surface area contributed by atoms with Gasteiger partial charge in [0.15, 0.2) is 5.76 Å². The molecule has 0 saturated heterocycles. The summed E-state index contributed by atoms with van der Waals surface area (Å²) in [5.74, 6) is 0.0596. The molecule has 0 unspecified atom stereocenters. The lowest BCUT2D eigenvalue weighted by Crippen LogP contribution is -2.00. The van der Waals surface area contributed by atoms with Gasteiger partial charge in [-0.1, -0.05) is 34.8 Å². The zero-order valence-electron chi connectivity index (χ0n) is 10.9. The molecule has 0 heterocycles. The number of benzene rings is 1. The van der Waals surface area contributed by atoms with Gasteiger partial charge in [0.2, 0.25) is 0 Å². The first-order valence-corrected chi connectivity index (χ1v) is 8.45. The predicted molar refractivity (Wildman–Crippen MR) is 82.2 cm³/mol. The minimum Gasteiger partial charge on any atom is -0.402 e. The number of halogens is 3. The van der Waals surface area contributed by atoms with Gasteiger partial charge in [-0.3, -0.25) is 9.05 Å². The summed E-state index contributed by atoms with van der Waals surface area (Å²) >= 11 is 17.7. The Balaban J connectivity index is 3.08. The Bertz CT molecular complexity index is 523. The van der Waals surface area contributed by atoms with Crippen LogP contribution in [-0.2, 0) is 18.1 Å². The van der Waals surface area contributed by atoms with Gasteiger partial charge in [-0.2, -0.15) is 0 Å². The molecule has 0 spiro atoms. The second-order valence-electron chi connectivity index (χ2n) is 3.47. The van der Waals surface area contributed by atoms with E-state index in [2.05, 4.69) is 0 Å². The normalized spacial score (nSPS) is 12.6. The van der Waals surface area contributed by atoms with Crippen molar-refractivity contribution in [3.05, 3.63) is 39.3 Å². The predicted octanol–water partition coefficient (Wildman–Crippen LogP) is 5.73. The summed E-state index contributed by atoms with van der Waals surface area (Å²) in [6.45, 7) is 3.67. The Morgan fingerprint density at radius 3 is 2.35 bits per heavy atom. The second-order valence-corrected chi connectivity index (χ2v) is 6.13. The van der Waals surface area contributed by atoms with Crippen molar-refractivity contribution in [3.8, 4) is 0 Å². The molecule has 1 aromatic rings. The first kappa shape index (κ1) is 17.8. The fourth-order valence-electron chi connectivity index (χ4n) is 1.34. The molecule has 1 rings (SSSR count). The molecule has 0 aliphatic rings. The molecule has 1 aromatic carbocycles. The van der Waals surface area contributed by atoms with Crippen LogP contribution >= 0.6 is 42.6 Å². The van der Waals surface area contributed by atoms with Crippen molar-refractivity contribution in [1.82, 2.24) is 0 Å². The molecule has 0 aromatic heterocycles. The van der Waals surface area contributed by atoms with Crippen molar-refractivity contribution >= 4 is 48.4 Å². The summed E-state index contributed by atoms with van der Waals surface area (Å²) in [7, 11) is -3.75. The van der Waals surface area contributed by atoms with Crippen LogP contribution in [0.25, 0.3) is 5.76 Å². The first-order valence-electron chi connectivity index (χ1n) is 5.80. The van der Waals surface area contributed by atoms with Gasteiger partial charge >= 0.3 is 7.82 Å². The Hall–Kier alpha value is -0.220. The monoisotopic (exact) mass is 358 g/mol. The quantitative estimate of drug-likeness (QED) is 0.461. The fraction of sp³-hybridized carbons (Fsp3) is 0.333. The highest BCUT2D eigenvalue weighted by molar-refractivity contribution is 7.48. The SMILES string of the molecule is CCOP(=O)(OCC)OC(=CCl)c1cc(Cl)ccc1Cl. The molecular formula is C12H14Cl3O4P. The third kappa shape index (κ3) is 4.96. The molecule has 4 nitrogen and oxygen atoms in total. The molecule has 20 heavy (non-hydrogen) atoms. The molecule has 112 valence electrons. The van der Waals surface area contributed by atoms with Crippen LogP contribution in [0.15, 0.2) is 23.7 Å². The standard InChI is InChI=1S/C12H14Cl3O4P/c1-3-17-20(16,18-4-2)19-12(8-13)10-7-9(14)5-6-11(10)15/h5-8H,3-4H2,1-2H3. The maximum absolute atomic E-state index is 12.3. The molecule has 8 heteroatoms. The van der Waals surface area contributed by atoms with Crippen molar-refractivity contribution in [3.63, 3.8) is 0 Å². The van der Waals surface area contributed by atoms with E-state index in [9.17, 15) is 4.57 Å². The van der Waals surface area contributed by atoms with Gasteiger partial charge in [0.1, 0.15) is 0 Å². The van der Waals surface area contributed by atoms with Gasteiger partial charge in [-0.15, -0.1) is 0 Å². The van der Waals surface area contributed by atoms with Crippen LogP contribution in [0, 0.1) is 0 Å². The van der Waals surface area contributed by atoms with E-state index >= 15 is 0 Å². The van der Waals surface area contributed by atoms with Crippen molar-refractivity contribution in [2.75, 3.05) is 13.2 Å².